The second-order valence-electron chi connectivity index (χ2n) is 14.3. The monoisotopic (exact) mass is 631 g/mol. The number of carbonyl (C=O) groups excluding carboxylic acids is 2. The number of likely N-dealkylation sites (tertiary alicyclic amines) is 1. The molecule has 12 nitrogen and oxygen atoms in total. The van der Waals surface area contributed by atoms with Crippen LogP contribution in [0.4, 0.5) is 0 Å². The summed E-state index contributed by atoms with van der Waals surface area (Å²) in [5, 5.41) is 37.0. The molecule has 0 amide bonds. The topological polar surface area (TPSA) is 153 Å². The Hall–Kier alpha value is -2.16. The molecule has 3 N–H and O–H groups in total. The van der Waals surface area contributed by atoms with E-state index >= 15 is 0 Å². The van der Waals surface area contributed by atoms with Gasteiger partial charge in [0.25, 0.3) is 0 Å². The zero-order valence-corrected chi connectivity index (χ0v) is 26.6. The molecule has 45 heavy (non-hydrogen) atoms. The largest absolute Gasteiger partial charge is 0.455 e. The molecule has 6 aliphatic rings. The van der Waals surface area contributed by atoms with Crippen LogP contribution in [-0.2, 0) is 33.2 Å². The highest BCUT2D eigenvalue weighted by Crippen LogP contribution is 2.80. The van der Waals surface area contributed by atoms with Gasteiger partial charge in [0, 0.05) is 83.0 Å². The molecule has 1 aromatic rings. The van der Waals surface area contributed by atoms with E-state index in [4.69, 9.17) is 28.4 Å². The molecule has 0 radical (unpaired) electrons. The number of aliphatic hydroxyl groups is 3. The second kappa shape index (κ2) is 10.4. The molecule has 1 aliphatic heterocycles. The lowest BCUT2D eigenvalue weighted by Crippen LogP contribution is -2.81. The Labute approximate surface area is 262 Å². The van der Waals surface area contributed by atoms with Crippen LogP contribution in [0.3, 0.4) is 0 Å². The van der Waals surface area contributed by atoms with E-state index in [9.17, 15) is 24.9 Å². The van der Waals surface area contributed by atoms with Gasteiger partial charge >= 0.3 is 11.9 Å². The van der Waals surface area contributed by atoms with Gasteiger partial charge in [-0.05, 0) is 31.5 Å². The van der Waals surface area contributed by atoms with E-state index in [1.165, 1.54) is 14.0 Å². The van der Waals surface area contributed by atoms with Crippen LogP contribution < -0.4 is 0 Å². The molecular formula is C33H45NO11. The van der Waals surface area contributed by atoms with Crippen LogP contribution in [0, 0.1) is 34.5 Å². The lowest BCUT2D eigenvalue weighted by molar-refractivity contribution is -0.321. The highest BCUT2D eigenvalue weighted by atomic mass is 16.6. The number of ether oxygens (including phenoxy) is 6. The molecule has 1 heterocycles. The van der Waals surface area contributed by atoms with Crippen molar-refractivity contribution in [1.82, 2.24) is 4.90 Å². The first-order chi connectivity index (χ1) is 21.4. The first-order valence-corrected chi connectivity index (χ1v) is 15.8. The highest BCUT2D eigenvalue weighted by Gasteiger charge is 2.92. The quantitative estimate of drug-likeness (QED) is 0.337. The number of piperidine rings is 1. The van der Waals surface area contributed by atoms with Gasteiger partial charge in [-0.25, -0.2) is 4.79 Å². The van der Waals surface area contributed by atoms with E-state index in [2.05, 4.69) is 4.90 Å². The highest BCUT2D eigenvalue weighted by molar-refractivity contribution is 5.89. The molecule has 248 valence electrons. The molecule has 1 spiro atoms. The maximum atomic E-state index is 13.7. The Morgan fingerprint density at radius 1 is 1.00 bits per heavy atom. The van der Waals surface area contributed by atoms with Gasteiger partial charge in [0.1, 0.15) is 23.9 Å². The first-order valence-electron chi connectivity index (χ1n) is 15.8. The van der Waals surface area contributed by atoms with Crippen LogP contribution in [0.15, 0.2) is 30.3 Å². The van der Waals surface area contributed by atoms with E-state index in [-0.39, 0.29) is 25.0 Å². The zero-order valence-electron chi connectivity index (χ0n) is 26.6. The second-order valence-corrected chi connectivity index (χ2v) is 14.3. The predicted molar refractivity (Wildman–Crippen MR) is 156 cm³/mol. The van der Waals surface area contributed by atoms with E-state index in [0.717, 1.165) is 0 Å². The fraction of sp³-hybridized carbons (Fsp3) is 0.758. The predicted octanol–water partition coefficient (Wildman–Crippen LogP) is 0.258. The maximum Gasteiger partial charge on any atom is 0.338 e. The van der Waals surface area contributed by atoms with Crippen LogP contribution in [-0.4, -0.2) is 135 Å². The summed E-state index contributed by atoms with van der Waals surface area (Å²) in [7, 11) is 8.20. The number of benzene rings is 1. The van der Waals surface area contributed by atoms with E-state index < -0.39 is 88.3 Å². The van der Waals surface area contributed by atoms with E-state index in [1.807, 2.05) is 7.05 Å². The Balaban J connectivity index is 1.52. The van der Waals surface area contributed by atoms with Gasteiger partial charge in [-0.2, -0.15) is 0 Å². The van der Waals surface area contributed by atoms with Crippen molar-refractivity contribution in [3.63, 3.8) is 0 Å². The van der Waals surface area contributed by atoms with Gasteiger partial charge in [0.05, 0.1) is 30.5 Å². The number of hydrogen-bond acceptors (Lipinski definition) is 12. The van der Waals surface area contributed by atoms with Crippen molar-refractivity contribution in [2.75, 3.05) is 48.6 Å². The number of fused-ring (bicyclic) bond motifs is 2. The smallest absolute Gasteiger partial charge is 0.338 e. The molecule has 7 bridgehead atoms. The van der Waals surface area contributed by atoms with Crippen LogP contribution in [0.2, 0.25) is 0 Å². The summed E-state index contributed by atoms with van der Waals surface area (Å²) in [6, 6.07) is 8.15. The third-order valence-corrected chi connectivity index (χ3v) is 12.9. The molecular weight excluding hydrogens is 586 g/mol. The van der Waals surface area contributed by atoms with Gasteiger partial charge < -0.3 is 48.6 Å². The number of hydrogen-bond donors (Lipinski definition) is 3. The van der Waals surface area contributed by atoms with Crippen molar-refractivity contribution in [3.05, 3.63) is 35.9 Å². The lowest BCUT2D eigenvalue weighted by atomic mass is 9.42. The minimum Gasteiger partial charge on any atom is -0.455 e. The van der Waals surface area contributed by atoms with Gasteiger partial charge in [-0.1, -0.05) is 18.2 Å². The van der Waals surface area contributed by atoms with Gasteiger partial charge in [-0.15, -0.1) is 0 Å². The summed E-state index contributed by atoms with van der Waals surface area (Å²) in [6.45, 7) is 2.00. The van der Waals surface area contributed by atoms with Crippen LogP contribution in [0.25, 0.3) is 0 Å². The summed E-state index contributed by atoms with van der Waals surface area (Å²) < 4.78 is 37.2. The molecule has 1 saturated heterocycles. The molecule has 0 aromatic heterocycles. The third-order valence-electron chi connectivity index (χ3n) is 12.9. The molecule has 3 unspecified atom stereocenters. The van der Waals surface area contributed by atoms with Gasteiger partial charge in [0.15, 0.2) is 5.60 Å². The summed E-state index contributed by atoms with van der Waals surface area (Å²) in [6.07, 6.45) is -5.50. The number of aliphatic hydroxyl groups excluding tert-OH is 2. The van der Waals surface area contributed by atoms with Crippen LogP contribution >= 0.6 is 0 Å². The summed E-state index contributed by atoms with van der Waals surface area (Å²) in [4.78, 5) is 29.1. The lowest BCUT2D eigenvalue weighted by Gasteiger charge is -2.70. The Morgan fingerprint density at radius 2 is 1.71 bits per heavy atom. The molecule has 5 aliphatic carbocycles. The molecule has 6 fully saturated rings. The SMILES string of the molecule is COC[C@]12CN(C)C3C4[C@H](OC)[C@H]1C3([C@@H](OC)C[C@H]2O)[C@@H]1C[C@@]2(O)[C@H](OC(=O)c3ccccc3)[C@@H]1[C@]4(OC(C)=O)[C@@H](O)[C@@H]2OC. The minimum absolute atomic E-state index is 0.0754. The van der Waals surface area contributed by atoms with Crippen molar-refractivity contribution in [3.8, 4) is 0 Å². The maximum absolute atomic E-state index is 13.7. The molecule has 7 rings (SSSR count). The standard InChI is InChI=1S/C33H45NO11/c1-16(35)45-33-21-18(13-31(39,28(43-6)26(33)37)27(21)44-29(38)17-10-8-7-9-11-17)32-20(41-4)12-19(36)30(15-40-3)14-34(2)25(32)22(33)23(42-5)24(30)32/h7-11,18-28,36-37,39H,12-15H2,1-6H3/t18-,19-,20+,21-,22?,23+,24-,25?,26+,27-,28+,30+,31-,32?,33-/m1/s1. The van der Waals surface area contributed by atoms with Crippen LogP contribution in [0.5, 0.6) is 0 Å². The average molecular weight is 632 g/mol. The third kappa shape index (κ3) is 3.55. The number of esters is 2. The first kappa shape index (κ1) is 31.4. The molecule has 15 atom stereocenters. The summed E-state index contributed by atoms with van der Waals surface area (Å²) in [5.74, 6) is -3.66. The number of methoxy groups -OCH3 is 4. The van der Waals surface area contributed by atoms with Gasteiger partial charge in [0.2, 0.25) is 0 Å². The van der Waals surface area contributed by atoms with Gasteiger partial charge in [-0.3, -0.25) is 4.79 Å². The average Bonchev–Trinajstić information content (AvgIpc) is 3.40. The van der Waals surface area contributed by atoms with Crippen molar-refractivity contribution < 1.29 is 53.3 Å². The Bertz CT molecular complexity index is 1350. The molecule has 12 heteroatoms. The molecule has 1 aromatic carbocycles. The van der Waals surface area contributed by atoms with Crippen molar-refractivity contribution in [2.24, 2.45) is 34.5 Å². The van der Waals surface area contributed by atoms with Crippen molar-refractivity contribution in [1.29, 1.82) is 0 Å². The normalized spacial score (nSPS) is 50.7. The Morgan fingerprint density at radius 3 is 2.31 bits per heavy atom. The fourth-order valence-corrected chi connectivity index (χ4v) is 12.2. The van der Waals surface area contributed by atoms with Crippen molar-refractivity contribution in [2.45, 2.75) is 73.6 Å². The number of nitrogens with zero attached hydrogens (tertiary/aromatic N) is 1. The number of rotatable bonds is 8. The van der Waals surface area contributed by atoms with E-state index in [1.54, 1.807) is 51.7 Å². The minimum atomic E-state index is -1.83. The zero-order chi connectivity index (χ0) is 32.3. The Kier molecular flexibility index (Phi) is 7.28. The summed E-state index contributed by atoms with van der Waals surface area (Å²) >= 11 is 0. The number of carbonyl (C=O) groups is 2. The van der Waals surface area contributed by atoms with Crippen LogP contribution in [0.1, 0.15) is 30.1 Å². The van der Waals surface area contributed by atoms with E-state index in [0.29, 0.717) is 18.5 Å². The fourth-order valence-electron chi connectivity index (χ4n) is 12.2. The van der Waals surface area contributed by atoms with Crippen molar-refractivity contribution >= 4 is 11.9 Å². The molecule has 5 saturated carbocycles. The summed E-state index contributed by atoms with van der Waals surface area (Å²) in [5.41, 5.74) is -4.79.